The molecule has 78 heavy (non-hydrogen) atoms. The van der Waals surface area contributed by atoms with Gasteiger partial charge in [-0.1, -0.05) is 97.1 Å². The third kappa shape index (κ3) is 13.3. The second kappa shape index (κ2) is 21.0. The molecule has 0 fully saturated rings. The van der Waals surface area contributed by atoms with Crippen molar-refractivity contribution >= 4 is 56.2 Å². The van der Waals surface area contributed by atoms with E-state index in [4.69, 9.17) is 11.6 Å². The number of fused-ring (bicyclic) bond motifs is 1. The standard InChI is InChI=1S/C32H12BF24.C18H15ClNO/c34-25(35,36)13-1-14(26(37,38)39)6-21(5-13)33(22-7-15(27(40,41)42)2-16(8-22)28(43,44)45,23-9-17(29(46,47)48)3-18(10-23)30(49,50)51)24-11-19(31(52,53)54)4-20(12-24)32(55,56)57;19-12-17(21)18-16-9-5-4-8-15(16)10-11-20(18)13-14-6-2-1-3-7-14/h1-12H;1-11H,12-13H2/q-1;+1. The number of carbonyl (C=O) groups excluding carboxylic acids is 1. The first kappa shape index (κ1) is 60.3. The van der Waals surface area contributed by atoms with Crippen molar-refractivity contribution in [2.75, 3.05) is 5.88 Å². The highest BCUT2D eigenvalue weighted by Crippen LogP contribution is 2.41. The van der Waals surface area contributed by atoms with Crippen LogP contribution in [-0.2, 0) is 56.0 Å². The summed E-state index contributed by atoms with van der Waals surface area (Å²) in [5.74, 6) is -0.0626. The van der Waals surface area contributed by atoms with Crippen molar-refractivity contribution in [3.05, 3.63) is 195 Å². The van der Waals surface area contributed by atoms with E-state index in [2.05, 4.69) is 12.1 Å². The summed E-state index contributed by atoms with van der Waals surface area (Å²) in [5, 5.41) is 2.00. The Morgan fingerprint density at radius 3 is 0.910 bits per heavy atom. The van der Waals surface area contributed by atoms with E-state index >= 15 is 0 Å². The largest absolute Gasteiger partial charge is 0.416 e. The zero-order chi connectivity index (χ0) is 58.6. The molecule has 0 atom stereocenters. The van der Waals surface area contributed by atoms with E-state index in [0.29, 0.717) is 12.2 Å². The molecule has 0 unspecified atom stereocenters. The number of ketones is 1. The van der Waals surface area contributed by atoms with Gasteiger partial charge in [-0.2, -0.15) is 132 Å². The SMILES string of the molecule is FC(F)(F)c1cc([B-](c2cc(C(F)(F)F)cc(C(F)(F)F)c2)(c2cc(C(F)(F)F)cc(C(F)(F)F)c2)c2cc(C(F)(F)F)cc(C(F)(F)F)c2)cc(C(F)(F)F)c1.O=C(CCl)c1c2ccccc2cc[n+]1Cc1ccccc1. The van der Waals surface area contributed by atoms with Crippen LogP contribution >= 0.6 is 11.6 Å². The highest BCUT2D eigenvalue weighted by molar-refractivity contribution is 7.20. The number of alkyl halides is 25. The minimum Gasteiger partial charge on any atom is -0.286 e. The average Bonchev–Trinajstić information content (AvgIpc) is 3.33. The lowest BCUT2D eigenvalue weighted by atomic mass is 9.12. The Morgan fingerprint density at radius 1 is 0.372 bits per heavy atom. The molecule has 2 nitrogen and oxygen atoms in total. The van der Waals surface area contributed by atoms with Gasteiger partial charge in [0, 0.05) is 11.6 Å². The van der Waals surface area contributed by atoms with Crippen LogP contribution in [0.2, 0.25) is 0 Å². The fourth-order valence-electron chi connectivity index (χ4n) is 8.61. The summed E-state index contributed by atoms with van der Waals surface area (Å²) >= 11 is 5.80. The molecule has 0 amide bonds. The third-order valence-corrected chi connectivity index (χ3v) is 12.2. The van der Waals surface area contributed by atoms with Gasteiger partial charge in [0.2, 0.25) is 5.78 Å². The van der Waals surface area contributed by atoms with E-state index in [9.17, 15) is 110 Å². The zero-order valence-corrected chi connectivity index (χ0v) is 38.8. The summed E-state index contributed by atoms with van der Waals surface area (Å²) < 4.78 is 343. The molecule has 1 aromatic heterocycles. The number of pyridine rings is 1. The fraction of sp³-hybridized carbons (Fsp3) is 0.200. The quantitative estimate of drug-likeness (QED) is 0.0488. The summed E-state index contributed by atoms with van der Waals surface area (Å²) in [4.78, 5) is 12.3. The molecule has 6 aromatic carbocycles. The molecule has 7 aromatic rings. The van der Waals surface area contributed by atoms with Gasteiger partial charge in [-0.15, -0.1) is 11.6 Å². The van der Waals surface area contributed by atoms with Gasteiger partial charge in [-0.05, 0) is 35.7 Å². The minimum absolute atomic E-state index is 0.0111. The molecule has 0 spiro atoms. The number of hydrogen-bond donors (Lipinski definition) is 0. The van der Waals surface area contributed by atoms with Crippen molar-refractivity contribution in [2.24, 2.45) is 0 Å². The van der Waals surface area contributed by atoms with Gasteiger partial charge in [0.15, 0.2) is 12.7 Å². The van der Waals surface area contributed by atoms with Gasteiger partial charge in [0.1, 0.15) is 6.15 Å². The number of nitrogens with zero attached hydrogens (tertiary/aromatic N) is 1. The minimum atomic E-state index is -6.13. The molecule has 0 bridgehead atoms. The number of rotatable bonds is 8. The molecule has 0 aliphatic rings. The molecule has 0 N–H and O–H groups in total. The van der Waals surface area contributed by atoms with E-state index in [1.807, 2.05) is 59.3 Å². The highest BCUT2D eigenvalue weighted by Gasteiger charge is 2.47. The summed E-state index contributed by atoms with van der Waals surface area (Å²) in [5.41, 5.74) is -28.4. The van der Waals surface area contributed by atoms with Gasteiger partial charge >= 0.3 is 49.4 Å². The lowest BCUT2D eigenvalue weighted by Gasteiger charge is -2.46. The van der Waals surface area contributed by atoms with Crippen LogP contribution in [0.3, 0.4) is 0 Å². The predicted molar refractivity (Wildman–Crippen MR) is 235 cm³/mol. The Labute approximate surface area is 427 Å². The average molecular weight is 1160 g/mol. The Kier molecular flexibility index (Phi) is 16.3. The van der Waals surface area contributed by atoms with Crippen LogP contribution in [0.15, 0.2) is 140 Å². The van der Waals surface area contributed by atoms with E-state index < -0.39 is 195 Å². The maximum Gasteiger partial charge on any atom is 0.416 e. The lowest BCUT2D eigenvalue weighted by Crippen LogP contribution is -2.75. The number of aromatic nitrogens is 1. The number of carbonyl (C=O) groups is 1. The zero-order valence-electron chi connectivity index (χ0n) is 38.1. The first-order valence-corrected chi connectivity index (χ1v) is 22.0. The second-order valence-electron chi connectivity index (χ2n) is 17.1. The highest BCUT2D eigenvalue weighted by atomic mass is 35.5. The van der Waals surface area contributed by atoms with E-state index in [0.717, 1.165) is 16.3 Å². The van der Waals surface area contributed by atoms with Crippen LogP contribution in [0.25, 0.3) is 10.8 Å². The topological polar surface area (TPSA) is 20.9 Å². The van der Waals surface area contributed by atoms with Gasteiger partial charge in [-0.3, -0.25) is 4.79 Å². The first-order chi connectivity index (χ1) is 35.6. The third-order valence-electron chi connectivity index (χ3n) is 12.0. The van der Waals surface area contributed by atoms with Crippen LogP contribution < -0.4 is 26.4 Å². The maximum atomic E-state index is 14.2. The summed E-state index contributed by atoms with van der Waals surface area (Å²) in [6.07, 6.45) is -52.9. The molecule has 0 aliphatic carbocycles. The van der Waals surface area contributed by atoms with Crippen LogP contribution in [0.4, 0.5) is 105 Å². The summed E-state index contributed by atoms with van der Waals surface area (Å²) in [6.45, 7) is 0.656. The maximum absolute atomic E-state index is 14.2. The van der Waals surface area contributed by atoms with Gasteiger partial charge in [0.05, 0.1) is 55.8 Å². The molecule has 7 rings (SSSR count). The van der Waals surface area contributed by atoms with Crippen molar-refractivity contribution in [3.8, 4) is 0 Å². The van der Waals surface area contributed by atoms with Crippen molar-refractivity contribution < 1.29 is 115 Å². The normalized spacial score (nSPS) is 13.3. The first-order valence-electron chi connectivity index (χ1n) is 21.5. The molecular formula is C50H27BClF24NO. The van der Waals surface area contributed by atoms with E-state index in [1.165, 1.54) is 0 Å². The Balaban J connectivity index is 0.000000387. The van der Waals surface area contributed by atoms with Gasteiger partial charge in [-0.25, -0.2) is 0 Å². The molecule has 1 heterocycles. The monoisotopic (exact) mass is 1160 g/mol. The molecule has 0 radical (unpaired) electrons. The number of Topliss-reactive ketones (excluding diaryl/α,β-unsaturated/α-hetero) is 1. The summed E-state index contributed by atoms with van der Waals surface area (Å²) in [7, 11) is 0. The smallest absolute Gasteiger partial charge is 0.286 e. The number of benzene rings is 6. The Hall–Kier alpha value is -6.93. The van der Waals surface area contributed by atoms with Crippen molar-refractivity contribution in [3.63, 3.8) is 0 Å². The molecule has 0 saturated carbocycles. The van der Waals surface area contributed by atoms with Crippen molar-refractivity contribution in [1.29, 1.82) is 0 Å². The molecule has 28 heteroatoms. The fourth-order valence-corrected chi connectivity index (χ4v) is 8.74. The summed E-state index contributed by atoms with van der Waals surface area (Å²) in [6, 6.07) is 11.2. The molecule has 0 saturated heterocycles. The van der Waals surface area contributed by atoms with Crippen LogP contribution in [-0.4, -0.2) is 17.8 Å². The van der Waals surface area contributed by atoms with Crippen molar-refractivity contribution in [2.45, 2.75) is 56.0 Å². The molecule has 416 valence electrons. The van der Waals surface area contributed by atoms with Gasteiger partial charge in [0.25, 0.3) is 5.69 Å². The number of halogens is 25. The second-order valence-corrected chi connectivity index (χ2v) is 17.4. The Bertz CT molecular complexity index is 2890. The predicted octanol–water partition coefficient (Wildman–Crippen LogP) is 14.8. The molecule has 0 aliphatic heterocycles. The van der Waals surface area contributed by atoms with Crippen LogP contribution in [0.5, 0.6) is 0 Å². The van der Waals surface area contributed by atoms with Crippen LogP contribution in [0.1, 0.15) is 60.6 Å². The lowest BCUT2D eigenvalue weighted by molar-refractivity contribution is -0.688. The number of hydrogen-bond acceptors (Lipinski definition) is 1. The molecular weight excluding hydrogens is 1130 g/mol. The van der Waals surface area contributed by atoms with Crippen LogP contribution in [0, 0.1) is 0 Å². The van der Waals surface area contributed by atoms with E-state index in [1.54, 1.807) is 0 Å². The van der Waals surface area contributed by atoms with E-state index in [-0.39, 0.29) is 11.7 Å². The Morgan fingerprint density at radius 2 is 0.641 bits per heavy atom. The van der Waals surface area contributed by atoms with Gasteiger partial charge < -0.3 is 0 Å². The van der Waals surface area contributed by atoms with Crippen molar-refractivity contribution in [1.82, 2.24) is 0 Å².